The highest BCUT2D eigenvalue weighted by molar-refractivity contribution is 5.76. The summed E-state index contributed by atoms with van der Waals surface area (Å²) in [6.45, 7) is 4.96. The summed E-state index contributed by atoms with van der Waals surface area (Å²) >= 11 is 0. The van der Waals surface area contributed by atoms with E-state index < -0.39 is 12.1 Å². The van der Waals surface area contributed by atoms with E-state index in [1.165, 1.54) is 283 Å². The van der Waals surface area contributed by atoms with Gasteiger partial charge in [0.25, 0.3) is 0 Å². The Morgan fingerprint density at radius 3 is 1.00 bits per heavy atom. The molecule has 71 heavy (non-hydrogen) atoms. The van der Waals surface area contributed by atoms with Crippen molar-refractivity contribution in [1.29, 1.82) is 0 Å². The number of hydrogen-bond donors (Lipinski definition) is 3. The molecule has 422 valence electrons. The predicted molar refractivity (Wildman–Crippen MR) is 310 cm³/mol. The zero-order valence-electron chi connectivity index (χ0n) is 48.2. The fourth-order valence-corrected chi connectivity index (χ4v) is 10.3. The van der Waals surface area contributed by atoms with Crippen molar-refractivity contribution in [2.24, 2.45) is 0 Å². The molecule has 0 saturated heterocycles. The number of aliphatic hydroxyl groups is 2. The Labute approximate surface area is 444 Å². The number of esters is 1. The fourth-order valence-electron chi connectivity index (χ4n) is 10.3. The average molecular weight is 1000 g/mol. The van der Waals surface area contributed by atoms with Crippen LogP contribution in [0.25, 0.3) is 0 Å². The summed E-state index contributed by atoms with van der Waals surface area (Å²) in [5.74, 6) is -0.0423. The van der Waals surface area contributed by atoms with Crippen molar-refractivity contribution in [1.82, 2.24) is 5.32 Å². The lowest BCUT2D eigenvalue weighted by molar-refractivity contribution is -0.143. The lowest BCUT2D eigenvalue weighted by Gasteiger charge is -2.22. The summed E-state index contributed by atoms with van der Waals surface area (Å²) in [4.78, 5) is 24.6. The average Bonchev–Trinajstić information content (AvgIpc) is 3.37. The van der Waals surface area contributed by atoms with Crippen molar-refractivity contribution < 1.29 is 24.5 Å². The van der Waals surface area contributed by atoms with Gasteiger partial charge in [-0.3, -0.25) is 9.59 Å². The highest BCUT2D eigenvalue weighted by Crippen LogP contribution is 2.18. The van der Waals surface area contributed by atoms with Gasteiger partial charge in [0, 0.05) is 12.8 Å². The molecule has 6 heteroatoms. The molecule has 2 atom stereocenters. The first kappa shape index (κ1) is 69.6. The van der Waals surface area contributed by atoms with Crippen molar-refractivity contribution in [3.05, 3.63) is 12.2 Å². The number of aliphatic hydroxyl groups excluding tert-OH is 2. The minimum Gasteiger partial charge on any atom is -0.466 e. The van der Waals surface area contributed by atoms with Crippen LogP contribution in [0.1, 0.15) is 367 Å². The summed E-state index contributed by atoms with van der Waals surface area (Å²) in [6, 6.07) is -0.551. The van der Waals surface area contributed by atoms with E-state index in [9.17, 15) is 19.8 Å². The lowest BCUT2D eigenvalue weighted by Crippen LogP contribution is -2.45. The molecule has 0 aromatic carbocycles. The first-order chi connectivity index (χ1) is 35.0. The van der Waals surface area contributed by atoms with Crippen LogP contribution in [-0.2, 0) is 14.3 Å². The molecule has 3 N–H and O–H groups in total. The van der Waals surface area contributed by atoms with Gasteiger partial charge in [-0.25, -0.2) is 0 Å². The highest BCUT2D eigenvalue weighted by Gasteiger charge is 2.20. The molecule has 1 amide bonds. The topological polar surface area (TPSA) is 95.9 Å². The quantitative estimate of drug-likeness (QED) is 0.0320. The fraction of sp³-hybridized carbons (Fsp3) is 0.938. The number of ether oxygens (including phenoxy) is 1. The van der Waals surface area contributed by atoms with E-state index in [0.717, 1.165) is 51.4 Å². The molecule has 0 aliphatic heterocycles. The van der Waals surface area contributed by atoms with Crippen LogP contribution in [0.4, 0.5) is 0 Å². The smallest absolute Gasteiger partial charge is 0.305 e. The summed E-state index contributed by atoms with van der Waals surface area (Å²) in [5.41, 5.74) is 0. The number of unbranched alkanes of at least 4 members (excludes halogenated alkanes) is 48. The van der Waals surface area contributed by atoms with Gasteiger partial charge in [-0.1, -0.05) is 315 Å². The predicted octanol–water partition coefficient (Wildman–Crippen LogP) is 20.4. The zero-order chi connectivity index (χ0) is 51.4. The number of hydrogen-bond acceptors (Lipinski definition) is 5. The van der Waals surface area contributed by atoms with Gasteiger partial charge < -0.3 is 20.3 Å². The summed E-state index contributed by atoms with van der Waals surface area (Å²) in [7, 11) is 0. The van der Waals surface area contributed by atoms with Gasteiger partial charge in [-0.15, -0.1) is 0 Å². The van der Waals surface area contributed by atoms with Crippen molar-refractivity contribution in [2.75, 3.05) is 13.2 Å². The van der Waals surface area contributed by atoms with Gasteiger partial charge in [0.1, 0.15) is 0 Å². The third-order valence-electron chi connectivity index (χ3n) is 15.3. The van der Waals surface area contributed by atoms with E-state index in [-0.39, 0.29) is 18.5 Å². The Balaban J connectivity index is 3.44. The molecule has 2 unspecified atom stereocenters. The Kier molecular flexibility index (Phi) is 59.9. The molecular formula is C65H127NO5. The van der Waals surface area contributed by atoms with Crippen LogP contribution in [-0.4, -0.2) is 47.4 Å². The van der Waals surface area contributed by atoms with Gasteiger partial charge in [0.05, 0.1) is 25.4 Å². The van der Waals surface area contributed by atoms with Crippen LogP contribution >= 0.6 is 0 Å². The third kappa shape index (κ3) is 57.7. The van der Waals surface area contributed by atoms with Gasteiger partial charge >= 0.3 is 5.97 Å². The summed E-state index contributed by atoms with van der Waals surface area (Å²) in [5, 5.41) is 23.4. The molecule has 0 heterocycles. The van der Waals surface area contributed by atoms with E-state index in [2.05, 4.69) is 31.3 Å². The van der Waals surface area contributed by atoms with Crippen LogP contribution in [0.5, 0.6) is 0 Å². The first-order valence-electron chi connectivity index (χ1n) is 32.4. The van der Waals surface area contributed by atoms with Gasteiger partial charge in [-0.05, 0) is 51.4 Å². The minimum absolute atomic E-state index is 0.0000618. The van der Waals surface area contributed by atoms with Gasteiger partial charge in [-0.2, -0.15) is 0 Å². The van der Waals surface area contributed by atoms with Crippen LogP contribution in [0.3, 0.4) is 0 Å². The minimum atomic E-state index is -0.673. The number of carbonyl (C=O) groups excluding carboxylic acids is 2. The molecule has 6 nitrogen and oxygen atoms in total. The van der Waals surface area contributed by atoms with Crippen LogP contribution < -0.4 is 5.32 Å². The normalized spacial score (nSPS) is 12.6. The maximum absolute atomic E-state index is 12.5. The summed E-state index contributed by atoms with van der Waals surface area (Å²) < 4.78 is 5.46. The van der Waals surface area contributed by atoms with Crippen LogP contribution in [0, 0.1) is 0 Å². The van der Waals surface area contributed by atoms with Crippen LogP contribution in [0.15, 0.2) is 12.2 Å². The third-order valence-corrected chi connectivity index (χ3v) is 15.3. The Morgan fingerprint density at radius 1 is 0.380 bits per heavy atom. The molecule has 0 radical (unpaired) electrons. The molecule has 0 aliphatic rings. The highest BCUT2D eigenvalue weighted by atomic mass is 16.5. The largest absolute Gasteiger partial charge is 0.466 e. The number of carbonyl (C=O) groups is 2. The second-order valence-corrected chi connectivity index (χ2v) is 22.5. The summed E-state index contributed by atoms with van der Waals surface area (Å²) in [6.07, 6.45) is 73.7. The standard InChI is InChI=1S/C65H127NO5/c1-3-5-7-9-11-13-15-17-18-19-20-21-22-23-24-25-26-28-31-34-37-41-45-49-53-57-63(68)62(61-67)66-64(69)58-54-50-46-42-38-35-32-29-27-30-33-36-40-44-48-52-56-60-71-65(70)59-55-51-47-43-39-16-14-12-10-8-6-4-2/h27,30,62-63,67-68H,3-26,28-29,31-61H2,1-2H3,(H,66,69)/b30-27-. The maximum atomic E-state index is 12.5. The molecule has 0 aromatic heterocycles. The molecule has 0 fully saturated rings. The Morgan fingerprint density at radius 2 is 0.662 bits per heavy atom. The zero-order valence-corrected chi connectivity index (χ0v) is 48.2. The molecule has 0 aliphatic carbocycles. The molecule has 0 rings (SSSR count). The van der Waals surface area contributed by atoms with E-state index >= 15 is 0 Å². The van der Waals surface area contributed by atoms with E-state index in [1.54, 1.807) is 0 Å². The van der Waals surface area contributed by atoms with E-state index in [1.807, 2.05) is 0 Å². The Hall–Kier alpha value is -1.40. The van der Waals surface area contributed by atoms with Gasteiger partial charge in [0.15, 0.2) is 0 Å². The number of nitrogens with one attached hydrogen (secondary N) is 1. The van der Waals surface area contributed by atoms with Crippen molar-refractivity contribution in [3.8, 4) is 0 Å². The lowest BCUT2D eigenvalue weighted by atomic mass is 10.0. The number of amides is 1. The number of rotatable bonds is 61. The SMILES string of the molecule is CCCCCCCCCCCCCCCCCCCCCCCCCCCC(O)C(CO)NC(=O)CCCCCCCCC/C=C\CCCCCCCCOC(=O)CCCCCCCCCCCCCC. The molecular weight excluding hydrogens is 875 g/mol. The number of allylic oxidation sites excluding steroid dienone is 2. The molecule has 0 saturated carbocycles. The molecule has 0 aromatic rings. The second kappa shape index (κ2) is 61.1. The van der Waals surface area contributed by atoms with Crippen molar-refractivity contribution >= 4 is 11.9 Å². The van der Waals surface area contributed by atoms with Gasteiger partial charge in [0.2, 0.25) is 5.91 Å². The van der Waals surface area contributed by atoms with E-state index in [0.29, 0.717) is 25.9 Å². The Bertz CT molecular complexity index is 1060. The molecule has 0 bridgehead atoms. The van der Waals surface area contributed by atoms with Crippen molar-refractivity contribution in [3.63, 3.8) is 0 Å². The van der Waals surface area contributed by atoms with Crippen LogP contribution in [0.2, 0.25) is 0 Å². The first-order valence-corrected chi connectivity index (χ1v) is 32.4. The van der Waals surface area contributed by atoms with Crippen molar-refractivity contribution in [2.45, 2.75) is 379 Å². The van der Waals surface area contributed by atoms with E-state index in [4.69, 9.17) is 4.74 Å². The monoisotopic (exact) mass is 1000 g/mol. The maximum Gasteiger partial charge on any atom is 0.305 e. The molecule has 0 spiro atoms. The second-order valence-electron chi connectivity index (χ2n) is 22.5.